The monoisotopic (exact) mass is 573 g/mol. The predicted molar refractivity (Wildman–Crippen MR) is 157 cm³/mol. The number of aryl methyl sites for hydroxylation is 1. The molecule has 0 atom stereocenters. The van der Waals surface area contributed by atoms with E-state index in [0.717, 1.165) is 55.1 Å². The zero-order chi connectivity index (χ0) is 29.7. The van der Waals surface area contributed by atoms with E-state index < -0.39 is 12.1 Å². The van der Waals surface area contributed by atoms with E-state index in [1.165, 1.54) is 27.9 Å². The van der Waals surface area contributed by atoms with Crippen molar-refractivity contribution >= 4 is 22.7 Å². The molecule has 2 N–H and O–H groups in total. The molecule has 3 heterocycles. The molecule has 5 aromatic rings. The second-order valence-corrected chi connectivity index (χ2v) is 10.1. The summed E-state index contributed by atoms with van der Waals surface area (Å²) in [6.45, 7) is 7.36. The van der Waals surface area contributed by atoms with Crippen LogP contribution in [0.3, 0.4) is 0 Å². The maximum atomic E-state index is 10.6. The number of hydrogen-bond acceptors (Lipinski definition) is 5. The second-order valence-electron chi connectivity index (χ2n) is 10.1. The number of rotatable bonds is 5. The van der Waals surface area contributed by atoms with Crippen LogP contribution in [0.25, 0.3) is 33.5 Å². The number of carboxylic acid groups (broad SMARTS) is 1. The lowest BCUT2D eigenvalue weighted by Crippen LogP contribution is -2.45. The van der Waals surface area contributed by atoms with E-state index in [1.807, 2.05) is 12.4 Å². The molecule has 0 spiro atoms. The molecule has 0 radical (unpaired) electrons. The quantitative estimate of drug-likeness (QED) is 0.248. The summed E-state index contributed by atoms with van der Waals surface area (Å²) in [5, 5.41) is 7.12. The van der Waals surface area contributed by atoms with Crippen molar-refractivity contribution in [2.75, 3.05) is 31.1 Å². The third kappa shape index (κ3) is 6.95. The van der Waals surface area contributed by atoms with Crippen molar-refractivity contribution in [1.82, 2.24) is 19.9 Å². The minimum Gasteiger partial charge on any atom is -0.475 e. The molecule has 1 fully saturated rings. The zero-order valence-electron chi connectivity index (χ0n) is 23.0. The normalized spacial score (nSPS) is 14.0. The smallest absolute Gasteiger partial charge is 0.475 e. The summed E-state index contributed by atoms with van der Waals surface area (Å²) >= 11 is 0. The summed E-state index contributed by atoms with van der Waals surface area (Å²) in [6, 6.07) is 28.1. The minimum absolute atomic E-state index is 0.917. The van der Waals surface area contributed by atoms with Gasteiger partial charge >= 0.3 is 12.1 Å². The van der Waals surface area contributed by atoms with E-state index in [2.05, 4.69) is 106 Å². The summed E-state index contributed by atoms with van der Waals surface area (Å²) in [5.74, 6) is -1.84. The lowest BCUT2D eigenvalue weighted by molar-refractivity contribution is -0.192. The number of aromatic amines is 1. The fraction of sp³-hybridized carbons (Fsp3) is 0.219. The SMILES string of the molecule is Cc1cccc2[nH]c(-c3ccc(-c4ccc(CN5CCN(c6ccncc6)CC5)cc4)cc3)nc12.O=C(O)C(F)(F)F. The number of hydrogen-bond donors (Lipinski definition) is 2. The molecule has 1 saturated heterocycles. The predicted octanol–water partition coefficient (Wildman–Crippen LogP) is 6.56. The van der Waals surface area contributed by atoms with E-state index in [9.17, 15) is 13.2 Å². The first-order valence-corrected chi connectivity index (χ1v) is 13.5. The number of benzene rings is 3. The van der Waals surface area contributed by atoms with Crippen molar-refractivity contribution < 1.29 is 23.1 Å². The Labute approximate surface area is 241 Å². The van der Waals surface area contributed by atoms with Gasteiger partial charge in [0.15, 0.2) is 0 Å². The van der Waals surface area contributed by atoms with Gasteiger partial charge in [0, 0.05) is 56.4 Å². The van der Waals surface area contributed by atoms with E-state index in [4.69, 9.17) is 14.9 Å². The van der Waals surface area contributed by atoms with Gasteiger partial charge in [-0.05, 0) is 47.4 Å². The first-order chi connectivity index (χ1) is 20.2. The van der Waals surface area contributed by atoms with Gasteiger partial charge in [0.25, 0.3) is 0 Å². The summed E-state index contributed by atoms with van der Waals surface area (Å²) in [6.07, 6.45) is -1.34. The number of piperazine rings is 1. The molecule has 6 rings (SSSR count). The summed E-state index contributed by atoms with van der Waals surface area (Å²) in [7, 11) is 0. The van der Waals surface area contributed by atoms with Crippen molar-refractivity contribution in [3.8, 4) is 22.5 Å². The molecule has 10 heteroatoms. The van der Waals surface area contributed by atoms with Gasteiger partial charge in [0.2, 0.25) is 0 Å². The fourth-order valence-corrected chi connectivity index (χ4v) is 4.91. The highest BCUT2D eigenvalue weighted by atomic mass is 19.4. The number of carbonyl (C=O) groups is 1. The third-order valence-corrected chi connectivity index (χ3v) is 7.21. The standard InChI is InChI=1S/C30H29N5.C2HF3O2/c1-22-3-2-4-28-29(22)33-30(32-28)26-11-9-25(10-12-26)24-7-5-23(6-8-24)21-34-17-19-35(20-18-34)27-13-15-31-16-14-27;3-2(4,5)1(6)7/h2-16H,17-21H2,1H3,(H,32,33);(H,6,7). The first-order valence-electron chi connectivity index (χ1n) is 13.5. The maximum Gasteiger partial charge on any atom is 0.490 e. The third-order valence-electron chi connectivity index (χ3n) is 7.21. The molecule has 216 valence electrons. The van der Waals surface area contributed by atoms with Gasteiger partial charge in [-0.2, -0.15) is 13.2 Å². The Morgan fingerprint density at radius 1 is 0.857 bits per heavy atom. The van der Waals surface area contributed by atoms with E-state index >= 15 is 0 Å². The van der Waals surface area contributed by atoms with Crippen LogP contribution in [0.1, 0.15) is 11.1 Å². The van der Waals surface area contributed by atoms with E-state index in [-0.39, 0.29) is 0 Å². The topological polar surface area (TPSA) is 85.4 Å². The first kappa shape index (κ1) is 28.8. The number of imidazole rings is 1. The second kappa shape index (κ2) is 12.4. The maximum absolute atomic E-state index is 10.6. The molecular weight excluding hydrogens is 543 g/mol. The molecule has 0 saturated carbocycles. The van der Waals surface area contributed by atoms with Crippen LogP contribution in [0.5, 0.6) is 0 Å². The zero-order valence-corrected chi connectivity index (χ0v) is 23.0. The van der Waals surface area contributed by atoms with Crippen molar-refractivity contribution in [3.63, 3.8) is 0 Å². The molecule has 1 aliphatic rings. The summed E-state index contributed by atoms with van der Waals surface area (Å²) < 4.78 is 31.7. The number of alkyl halides is 3. The average Bonchev–Trinajstić information content (AvgIpc) is 3.44. The van der Waals surface area contributed by atoms with Gasteiger partial charge in [-0.25, -0.2) is 9.78 Å². The Bertz CT molecular complexity index is 1630. The van der Waals surface area contributed by atoms with Crippen LogP contribution in [0, 0.1) is 6.92 Å². The van der Waals surface area contributed by atoms with Crippen LogP contribution < -0.4 is 4.90 Å². The number of nitrogens with zero attached hydrogens (tertiary/aromatic N) is 4. The van der Waals surface area contributed by atoms with Crippen LogP contribution in [0.2, 0.25) is 0 Å². The van der Waals surface area contributed by atoms with Gasteiger partial charge in [-0.3, -0.25) is 9.88 Å². The number of carboxylic acids is 1. The van der Waals surface area contributed by atoms with E-state index in [0.29, 0.717) is 0 Å². The van der Waals surface area contributed by atoms with Crippen molar-refractivity contribution in [3.05, 3.63) is 102 Å². The van der Waals surface area contributed by atoms with Gasteiger partial charge < -0.3 is 15.0 Å². The number of nitrogens with one attached hydrogen (secondary N) is 1. The summed E-state index contributed by atoms with van der Waals surface area (Å²) in [5.41, 5.74) is 9.51. The molecule has 0 unspecified atom stereocenters. The molecule has 42 heavy (non-hydrogen) atoms. The number of fused-ring (bicyclic) bond motifs is 1. The van der Waals surface area contributed by atoms with Crippen molar-refractivity contribution in [2.45, 2.75) is 19.6 Å². The molecule has 0 aliphatic carbocycles. The Balaban J connectivity index is 0.000000451. The Morgan fingerprint density at radius 3 is 2.00 bits per heavy atom. The fourth-order valence-electron chi connectivity index (χ4n) is 4.91. The molecule has 7 nitrogen and oxygen atoms in total. The van der Waals surface area contributed by atoms with Crippen LogP contribution in [0.4, 0.5) is 18.9 Å². The molecule has 0 bridgehead atoms. The van der Waals surface area contributed by atoms with Gasteiger partial charge in [-0.15, -0.1) is 0 Å². The highest BCUT2D eigenvalue weighted by Gasteiger charge is 2.38. The van der Waals surface area contributed by atoms with Gasteiger partial charge in [0.05, 0.1) is 11.0 Å². The van der Waals surface area contributed by atoms with E-state index in [1.54, 1.807) is 0 Å². The number of halogens is 3. The minimum atomic E-state index is -5.08. The van der Waals surface area contributed by atoms with Crippen LogP contribution in [-0.2, 0) is 11.3 Å². The van der Waals surface area contributed by atoms with Crippen molar-refractivity contribution in [1.29, 1.82) is 0 Å². The number of para-hydroxylation sites is 1. The molecule has 3 aromatic carbocycles. The largest absolute Gasteiger partial charge is 0.490 e. The number of pyridine rings is 1. The van der Waals surface area contributed by atoms with Crippen molar-refractivity contribution in [2.24, 2.45) is 0 Å². The summed E-state index contributed by atoms with van der Waals surface area (Å²) in [4.78, 5) is 26.3. The molecule has 0 amide bonds. The Kier molecular flexibility index (Phi) is 8.53. The molecular formula is C32H30F3N5O2. The van der Waals surface area contributed by atoms with Crippen LogP contribution in [-0.4, -0.2) is 63.3 Å². The highest BCUT2D eigenvalue weighted by Crippen LogP contribution is 2.26. The Hall–Kier alpha value is -4.70. The lowest BCUT2D eigenvalue weighted by Gasteiger charge is -2.36. The molecule has 1 aliphatic heterocycles. The number of anilines is 1. The lowest BCUT2D eigenvalue weighted by atomic mass is 10.0. The molecule has 2 aromatic heterocycles. The number of aromatic nitrogens is 3. The van der Waals surface area contributed by atoms with Gasteiger partial charge in [-0.1, -0.05) is 60.7 Å². The van der Waals surface area contributed by atoms with Crippen LogP contribution in [0.15, 0.2) is 91.3 Å². The van der Waals surface area contributed by atoms with Gasteiger partial charge in [0.1, 0.15) is 5.82 Å². The number of aliphatic carboxylic acids is 1. The highest BCUT2D eigenvalue weighted by molar-refractivity contribution is 5.82. The Morgan fingerprint density at radius 2 is 1.43 bits per heavy atom. The van der Waals surface area contributed by atoms with Crippen LogP contribution >= 0.6 is 0 Å². The average molecular weight is 574 g/mol. The number of H-pyrrole nitrogens is 1.